The van der Waals surface area contributed by atoms with Crippen LogP contribution in [0.2, 0.25) is 0 Å². The van der Waals surface area contributed by atoms with Crippen LogP contribution in [0.4, 0.5) is 0 Å². The maximum atomic E-state index is 10.0. The Balaban J connectivity index is 4.23. The van der Waals surface area contributed by atoms with E-state index in [-0.39, 0.29) is 0 Å². The summed E-state index contributed by atoms with van der Waals surface area (Å²) in [5, 5.41) is 8.15. The highest BCUT2D eigenvalue weighted by Crippen LogP contribution is 1.88. The van der Waals surface area contributed by atoms with Gasteiger partial charge in [0.2, 0.25) is 0 Å². The molecule has 4 N–H and O–H groups in total. The lowest BCUT2D eigenvalue weighted by molar-refractivity contribution is -0.139. The van der Waals surface area contributed by atoms with E-state index in [1.165, 1.54) is 0 Å². The summed E-state index contributed by atoms with van der Waals surface area (Å²) >= 11 is 0. The van der Waals surface area contributed by atoms with E-state index in [0.717, 1.165) is 0 Å². The number of carbonyl (C=O) groups is 1. The normalized spacial score (nSPS) is 18.5. The van der Waals surface area contributed by atoms with Crippen molar-refractivity contribution in [3.8, 4) is 0 Å². The highest BCUT2D eigenvalue weighted by Gasteiger charge is 2.15. The minimum atomic E-state index is -4.83. The molecule has 0 heterocycles. The van der Waals surface area contributed by atoms with Crippen LogP contribution in [-0.4, -0.2) is 36.7 Å². The summed E-state index contributed by atoms with van der Waals surface area (Å²) in [7, 11) is -4.83. The zero-order valence-corrected chi connectivity index (χ0v) is 5.98. The molecule has 0 bridgehead atoms. The molecule has 0 fully saturated rings. The van der Waals surface area contributed by atoms with E-state index in [4.69, 9.17) is 16.8 Å². The molecule has 0 aromatic heterocycles. The van der Waals surface area contributed by atoms with Crippen molar-refractivity contribution >= 4 is 16.4 Å². The van der Waals surface area contributed by atoms with Gasteiger partial charge in [-0.25, -0.2) is 4.18 Å². The number of rotatable bonds is 4. The van der Waals surface area contributed by atoms with Gasteiger partial charge in [0, 0.05) is 0 Å². The fourth-order valence-corrected chi connectivity index (χ4v) is 0.448. The molecule has 8 heteroatoms. The highest BCUT2D eigenvalue weighted by atomic mass is 32.3. The molecule has 0 saturated heterocycles. The van der Waals surface area contributed by atoms with E-state index in [9.17, 15) is 13.2 Å². The monoisotopic (exact) mass is 186 g/mol. The van der Waals surface area contributed by atoms with Gasteiger partial charge in [0.15, 0.2) is 0 Å². The lowest BCUT2D eigenvalue weighted by atomic mass is 10.3. The van der Waals surface area contributed by atoms with Gasteiger partial charge >= 0.3 is 16.4 Å². The standard InChI is InChI=1S/C3H7NO6S/c4-2(3(5)6)1-10-11(7,8)9/h2H,1,4H2,(H,5,6)(H,7,8,9)/t2-/m1/s1/i1D/t1-,2+/m0. The largest absolute Gasteiger partial charge is 0.480 e. The number of carboxylic acid groups (broad SMARTS) is 1. The second-order valence-corrected chi connectivity index (χ2v) is 2.57. The molecule has 2 atom stereocenters. The molecule has 0 aromatic rings. The van der Waals surface area contributed by atoms with Crippen molar-refractivity contribution in [2.24, 2.45) is 5.73 Å². The average molecular weight is 186 g/mol. The molecule has 0 amide bonds. The Morgan fingerprint density at radius 1 is 1.82 bits per heavy atom. The first-order chi connectivity index (χ1) is 5.24. The Morgan fingerprint density at radius 3 is 2.55 bits per heavy atom. The summed E-state index contributed by atoms with van der Waals surface area (Å²) in [5.41, 5.74) is 4.78. The van der Waals surface area contributed by atoms with Crippen LogP contribution in [0.3, 0.4) is 0 Å². The Labute approximate surface area is 64.1 Å². The lowest BCUT2D eigenvalue weighted by Gasteiger charge is -2.03. The third-order valence-electron chi connectivity index (χ3n) is 0.609. The summed E-state index contributed by atoms with van der Waals surface area (Å²) in [6.07, 6.45) is 0. The lowest BCUT2D eigenvalue weighted by Crippen LogP contribution is -2.35. The number of aliphatic carboxylic acids is 1. The van der Waals surface area contributed by atoms with Crippen LogP contribution >= 0.6 is 0 Å². The van der Waals surface area contributed by atoms with E-state index in [0.29, 0.717) is 0 Å². The second-order valence-electron chi connectivity index (χ2n) is 1.52. The molecule has 0 unspecified atom stereocenters. The van der Waals surface area contributed by atoms with Crippen LogP contribution < -0.4 is 5.73 Å². The second kappa shape index (κ2) is 3.62. The molecule has 0 spiro atoms. The van der Waals surface area contributed by atoms with Crippen molar-refractivity contribution in [2.75, 3.05) is 6.58 Å². The third-order valence-corrected chi connectivity index (χ3v) is 0.963. The van der Waals surface area contributed by atoms with Gasteiger partial charge in [-0.2, -0.15) is 8.42 Å². The number of carboxylic acids is 1. The zero-order chi connectivity index (χ0) is 9.94. The van der Waals surface area contributed by atoms with Crippen molar-refractivity contribution in [3.63, 3.8) is 0 Å². The predicted molar refractivity (Wildman–Crippen MR) is 33.1 cm³/mol. The molecular formula is C3H7NO6S. The van der Waals surface area contributed by atoms with Gasteiger partial charge in [0.1, 0.15) is 6.04 Å². The quantitative estimate of drug-likeness (QED) is 0.443. The molecule has 0 aliphatic carbocycles. The molecule has 0 radical (unpaired) electrons. The zero-order valence-electron chi connectivity index (χ0n) is 6.17. The molecule has 0 aliphatic rings. The number of hydrogen-bond donors (Lipinski definition) is 3. The molecule has 7 nitrogen and oxygen atoms in total. The maximum absolute atomic E-state index is 10.0. The van der Waals surface area contributed by atoms with Gasteiger partial charge in [0.05, 0.1) is 7.95 Å². The Bertz CT molecular complexity index is 262. The van der Waals surface area contributed by atoms with Crippen molar-refractivity contribution in [2.45, 2.75) is 6.04 Å². The summed E-state index contributed by atoms with van der Waals surface area (Å²) in [6.45, 7) is -2.06. The minimum Gasteiger partial charge on any atom is -0.480 e. The van der Waals surface area contributed by atoms with Gasteiger partial charge in [-0.3, -0.25) is 9.35 Å². The maximum Gasteiger partial charge on any atom is 0.397 e. The topological polar surface area (TPSA) is 127 Å². The first-order valence-electron chi connectivity index (χ1n) is 2.88. The van der Waals surface area contributed by atoms with Crippen LogP contribution in [0, 0.1) is 0 Å². The first kappa shape index (κ1) is 8.40. The van der Waals surface area contributed by atoms with Gasteiger partial charge in [-0.15, -0.1) is 0 Å². The van der Waals surface area contributed by atoms with Gasteiger partial charge < -0.3 is 10.8 Å². The smallest absolute Gasteiger partial charge is 0.397 e. The summed E-state index contributed by atoms with van der Waals surface area (Å²) in [5.74, 6) is -1.60. The van der Waals surface area contributed by atoms with Crippen molar-refractivity contribution in [1.29, 1.82) is 0 Å². The van der Waals surface area contributed by atoms with E-state index in [2.05, 4.69) is 4.18 Å². The molecule has 0 aromatic carbocycles. The minimum absolute atomic E-state index is 1.60. The van der Waals surface area contributed by atoms with E-state index >= 15 is 0 Å². The third kappa shape index (κ3) is 5.73. The van der Waals surface area contributed by atoms with Crippen molar-refractivity contribution < 1.29 is 28.4 Å². The van der Waals surface area contributed by atoms with Gasteiger partial charge in [-0.1, -0.05) is 0 Å². The fourth-order valence-electron chi connectivity index (χ4n) is 0.188. The highest BCUT2D eigenvalue weighted by molar-refractivity contribution is 7.80. The van der Waals surface area contributed by atoms with Crippen molar-refractivity contribution in [1.82, 2.24) is 0 Å². The SMILES string of the molecule is [2H][C@H](OS(=O)(=O)O)[C@@H](N)C(=O)O. The summed E-state index contributed by atoms with van der Waals surface area (Å²) < 4.78 is 38.1. The summed E-state index contributed by atoms with van der Waals surface area (Å²) in [6, 6.07) is -1.83. The molecule has 66 valence electrons. The van der Waals surface area contributed by atoms with Gasteiger partial charge in [-0.05, 0) is 0 Å². The number of hydrogen-bond acceptors (Lipinski definition) is 5. The summed E-state index contributed by atoms with van der Waals surface area (Å²) in [4.78, 5) is 10.0. The van der Waals surface area contributed by atoms with Crippen LogP contribution in [-0.2, 0) is 19.4 Å². The fraction of sp³-hybridized carbons (Fsp3) is 0.667. The van der Waals surface area contributed by atoms with E-state index < -0.39 is 29.0 Å². The molecule has 0 aliphatic heterocycles. The predicted octanol–water partition coefficient (Wildman–Crippen LogP) is -1.78. The Hall–Kier alpha value is -0.700. The Morgan fingerprint density at radius 2 is 2.27 bits per heavy atom. The van der Waals surface area contributed by atoms with Crippen LogP contribution in [0.1, 0.15) is 1.37 Å². The first-order valence-corrected chi connectivity index (χ1v) is 3.67. The van der Waals surface area contributed by atoms with Crippen LogP contribution in [0.5, 0.6) is 0 Å². The van der Waals surface area contributed by atoms with E-state index in [1.54, 1.807) is 0 Å². The molecule has 0 rings (SSSR count). The van der Waals surface area contributed by atoms with Crippen molar-refractivity contribution in [3.05, 3.63) is 0 Å². The average Bonchev–Trinajstić information content (AvgIpc) is 1.82. The Kier molecular flexibility index (Phi) is 2.76. The van der Waals surface area contributed by atoms with Gasteiger partial charge in [0.25, 0.3) is 0 Å². The number of nitrogens with two attached hydrogens (primary N) is 1. The molecule has 0 saturated carbocycles. The molecular weight excluding hydrogens is 178 g/mol. The molecule has 11 heavy (non-hydrogen) atoms. The van der Waals surface area contributed by atoms with E-state index in [1.807, 2.05) is 0 Å². The van der Waals surface area contributed by atoms with Crippen LogP contribution in [0.25, 0.3) is 0 Å². The van der Waals surface area contributed by atoms with Crippen LogP contribution in [0.15, 0.2) is 0 Å².